The number of halogens is 1. The summed E-state index contributed by atoms with van der Waals surface area (Å²) >= 11 is 0. The fraction of sp³-hybridized carbons (Fsp3) is 0. The molecule has 0 saturated heterocycles. The highest BCUT2D eigenvalue weighted by Gasteiger charge is 2.12. The average molecular weight is 204 g/mol. The molecule has 1 aromatic carbocycles. The van der Waals surface area contributed by atoms with E-state index >= 15 is 0 Å². The summed E-state index contributed by atoms with van der Waals surface area (Å²) in [5, 5.41) is 11.3. The van der Waals surface area contributed by atoms with Gasteiger partial charge in [-0.05, 0) is 18.2 Å². The van der Waals surface area contributed by atoms with E-state index in [-0.39, 0.29) is 11.4 Å². The molecule has 1 aromatic heterocycles. The van der Waals surface area contributed by atoms with Crippen molar-refractivity contribution in [1.82, 2.24) is 9.78 Å². The van der Waals surface area contributed by atoms with E-state index in [1.165, 1.54) is 10.7 Å². The Balaban J connectivity index is 2.66. The van der Waals surface area contributed by atoms with E-state index in [2.05, 4.69) is 5.10 Å². The van der Waals surface area contributed by atoms with Gasteiger partial charge in [0, 0.05) is 12.4 Å². The molecule has 5 heteroatoms. The van der Waals surface area contributed by atoms with Crippen molar-refractivity contribution in [3.05, 3.63) is 48.0 Å². The van der Waals surface area contributed by atoms with Crippen molar-refractivity contribution in [1.29, 1.82) is 5.41 Å². The molecule has 76 valence electrons. The summed E-state index contributed by atoms with van der Waals surface area (Å²) in [6, 6.07) is 6.20. The minimum absolute atomic E-state index is 0.0706. The van der Waals surface area contributed by atoms with Gasteiger partial charge < -0.3 is 5.73 Å². The van der Waals surface area contributed by atoms with Gasteiger partial charge in [-0.3, -0.25) is 5.41 Å². The van der Waals surface area contributed by atoms with Crippen molar-refractivity contribution in [2.24, 2.45) is 5.73 Å². The number of nitrogens with zero attached hydrogens (tertiary/aromatic N) is 2. The summed E-state index contributed by atoms with van der Waals surface area (Å²) in [7, 11) is 0. The number of benzene rings is 1. The molecule has 15 heavy (non-hydrogen) atoms. The molecule has 0 fully saturated rings. The predicted molar refractivity (Wildman–Crippen MR) is 54.5 cm³/mol. The highest BCUT2D eigenvalue weighted by Crippen LogP contribution is 2.16. The SMILES string of the molecule is N=C(N)c1c(F)cccc1-n1cccn1. The van der Waals surface area contributed by atoms with E-state index in [9.17, 15) is 4.39 Å². The maximum atomic E-state index is 13.4. The molecule has 0 aliphatic carbocycles. The molecule has 0 saturated carbocycles. The molecule has 0 aliphatic heterocycles. The third-order valence-electron chi connectivity index (χ3n) is 2.01. The zero-order valence-electron chi connectivity index (χ0n) is 7.81. The van der Waals surface area contributed by atoms with Gasteiger partial charge in [-0.2, -0.15) is 5.10 Å². The normalized spacial score (nSPS) is 10.2. The van der Waals surface area contributed by atoms with Crippen molar-refractivity contribution in [3.8, 4) is 5.69 Å². The Hall–Kier alpha value is -2.17. The number of rotatable bonds is 2. The number of hydrogen-bond acceptors (Lipinski definition) is 2. The Morgan fingerprint density at radius 1 is 1.40 bits per heavy atom. The number of nitrogens with one attached hydrogen (secondary N) is 1. The molecule has 2 rings (SSSR count). The van der Waals surface area contributed by atoms with E-state index < -0.39 is 5.82 Å². The highest BCUT2D eigenvalue weighted by atomic mass is 19.1. The molecule has 3 N–H and O–H groups in total. The van der Waals surface area contributed by atoms with Crippen LogP contribution in [0, 0.1) is 11.2 Å². The maximum Gasteiger partial charge on any atom is 0.136 e. The van der Waals surface area contributed by atoms with Crippen molar-refractivity contribution < 1.29 is 4.39 Å². The summed E-state index contributed by atoms with van der Waals surface area (Å²) in [5.74, 6) is -0.825. The van der Waals surface area contributed by atoms with Crippen molar-refractivity contribution in [2.45, 2.75) is 0 Å². The quantitative estimate of drug-likeness (QED) is 0.571. The molecular weight excluding hydrogens is 195 g/mol. The second kappa shape index (κ2) is 3.53. The lowest BCUT2D eigenvalue weighted by Crippen LogP contribution is -2.17. The van der Waals surface area contributed by atoms with Crippen LogP contribution in [0.25, 0.3) is 5.69 Å². The van der Waals surface area contributed by atoms with Gasteiger partial charge in [0.15, 0.2) is 0 Å². The molecule has 0 radical (unpaired) electrons. The zero-order valence-corrected chi connectivity index (χ0v) is 7.81. The van der Waals surface area contributed by atoms with Crippen LogP contribution >= 0.6 is 0 Å². The molecule has 0 atom stereocenters. The summed E-state index contributed by atoms with van der Waals surface area (Å²) in [6.07, 6.45) is 3.25. The number of hydrogen-bond donors (Lipinski definition) is 2. The highest BCUT2D eigenvalue weighted by molar-refractivity contribution is 5.98. The van der Waals surface area contributed by atoms with Crippen molar-refractivity contribution in [2.75, 3.05) is 0 Å². The van der Waals surface area contributed by atoms with E-state index in [0.717, 1.165) is 0 Å². The van der Waals surface area contributed by atoms with Crippen LogP contribution in [-0.4, -0.2) is 15.6 Å². The molecule has 0 unspecified atom stereocenters. The van der Waals surface area contributed by atoms with Gasteiger partial charge in [-0.25, -0.2) is 9.07 Å². The van der Waals surface area contributed by atoms with Crippen LogP contribution in [0.4, 0.5) is 4.39 Å². The van der Waals surface area contributed by atoms with Gasteiger partial charge >= 0.3 is 0 Å². The number of nitrogens with two attached hydrogens (primary N) is 1. The topological polar surface area (TPSA) is 67.7 Å². The summed E-state index contributed by atoms with van der Waals surface area (Å²) in [6.45, 7) is 0. The molecule has 0 spiro atoms. The predicted octanol–water partition coefficient (Wildman–Crippen LogP) is 1.30. The van der Waals surface area contributed by atoms with Gasteiger partial charge in [-0.15, -0.1) is 0 Å². The summed E-state index contributed by atoms with van der Waals surface area (Å²) < 4.78 is 14.9. The van der Waals surface area contributed by atoms with Crippen LogP contribution in [0.5, 0.6) is 0 Å². The first-order valence-corrected chi connectivity index (χ1v) is 4.33. The molecular formula is C10H9FN4. The van der Waals surface area contributed by atoms with E-state index in [1.807, 2.05) is 0 Å². The van der Waals surface area contributed by atoms with E-state index in [1.54, 1.807) is 30.6 Å². The van der Waals surface area contributed by atoms with Gasteiger partial charge in [0.2, 0.25) is 0 Å². The summed E-state index contributed by atoms with van der Waals surface area (Å²) in [5.41, 5.74) is 5.86. The second-order valence-electron chi connectivity index (χ2n) is 3.00. The van der Waals surface area contributed by atoms with Gasteiger partial charge in [-0.1, -0.05) is 6.07 Å². The Kier molecular flexibility index (Phi) is 2.21. The van der Waals surface area contributed by atoms with Crippen LogP contribution in [-0.2, 0) is 0 Å². The van der Waals surface area contributed by atoms with Gasteiger partial charge in [0.05, 0.1) is 11.3 Å². The van der Waals surface area contributed by atoms with Gasteiger partial charge in [0.1, 0.15) is 11.7 Å². The Morgan fingerprint density at radius 3 is 2.80 bits per heavy atom. The van der Waals surface area contributed by atoms with Crippen LogP contribution < -0.4 is 5.73 Å². The Bertz CT molecular complexity index is 490. The second-order valence-corrected chi connectivity index (χ2v) is 3.00. The van der Waals surface area contributed by atoms with Crippen molar-refractivity contribution >= 4 is 5.84 Å². The molecule has 0 amide bonds. The van der Waals surface area contributed by atoms with Crippen LogP contribution in [0.1, 0.15) is 5.56 Å². The lowest BCUT2D eigenvalue weighted by Gasteiger charge is -2.08. The first-order valence-electron chi connectivity index (χ1n) is 4.33. The average Bonchev–Trinajstić information content (AvgIpc) is 2.69. The zero-order chi connectivity index (χ0) is 10.8. The Morgan fingerprint density at radius 2 is 2.20 bits per heavy atom. The molecule has 4 nitrogen and oxygen atoms in total. The Labute approximate surface area is 85.7 Å². The lowest BCUT2D eigenvalue weighted by molar-refractivity contribution is 0.622. The summed E-state index contributed by atoms with van der Waals surface area (Å²) in [4.78, 5) is 0. The fourth-order valence-corrected chi connectivity index (χ4v) is 1.38. The maximum absolute atomic E-state index is 13.4. The smallest absolute Gasteiger partial charge is 0.136 e. The van der Waals surface area contributed by atoms with Crippen LogP contribution in [0.3, 0.4) is 0 Å². The standard InChI is InChI=1S/C10H9FN4/c11-7-3-1-4-8(9(7)10(12)13)15-6-2-5-14-15/h1-6H,(H3,12,13). The minimum Gasteiger partial charge on any atom is -0.384 e. The molecule has 2 aromatic rings. The largest absolute Gasteiger partial charge is 0.384 e. The first-order chi connectivity index (χ1) is 7.20. The van der Waals surface area contributed by atoms with Crippen LogP contribution in [0.15, 0.2) is 36.7 Å². The van der Waals surface area contributed by atoms with Gasteiger partial charge in [0.25, 0.3) is 0 Å². The molecule has 1 heterocycles. The number of amidine groups is 1. The fourth-order valence-electron chi connectivity index (χ4n) is 1.38. The monoisotopic (exact) mass is 204 g/mol. The lowest BCUT2D eigenvalue weighted by atomic mass is 10.1. The third-order valence-corrected chi connectivity index (χ3v) is 2.01. The molecule has 0 bridgehead atoms. The van der Waals surface area contributed by atoms with Crippen molar-refractivity contribution in [3.63, 3.8) is 0 Å². The first kappa shape index (κ1) is 9.39. The van der Waals surface area contributed by atoms with E-state index in [4.69, 9.17) is 11.1 Å². The third kappa shape index (κ3) is 1.59. The number of aromatic nitrogens is 2. The van der Waals surface area contributed by atoms with Crippen LogP contribution in [0.2, 0.25) is 0 Å². The minimum atomic E-state index is -0.518. The van der Waals surface area contributed by atoms with E-state index in [0.29, 0.717) is 5.69 Å². The number of nitrogen functional groups attached to an aromatic ring is 1. The molecule has 0 aliphatic rings.